The molecule has 0 spiro atoms. The summed E-state index contributed by atoms with van der Waals surface area (Å²) in [4.78, 5) is 11.1. The predicted octanol–water partition coefficient (Wildman–Crippen LogP) is 4.17. The number of nitrogens with zero attached hydrogens (tertiary/aromatic N) is 4. The fourth-order valence-electron chi connectivity index (χ4n) is 2.97. The second-order valence-electron chi connectivity index (χ2n) is 6.10. The molecule has 0 radical (unpaired) electrons. The van der Waals surface area contributed by atoms with Crippen LogP contribution in [-0.4, -0.2) is 31.5 Å². The van der Waals surface area contributed by atoms with E-state index in [1.807, 2.05) is 36.9 Å². The maximum absolute atomic E-state index is 13.2. The normalized spacial score (nSPS) is 12.5. The van der Waals surface area contributed by atoms with Gasteiger partial charge in [0.05, 0.1) is 22.0 Å². The van der Waals surface area contributed by atoms with Gasteiger partial charge in [0.1, 0.15) is 5.69 Å². The zero-order valence-corrected chi connectivity index (χ0v) is 17.1. The van der Waals surface area contributed by atoms with E-state index in [2.05, 4.69) is 9.97 Å². The molecule has 3 aromatic rings. The molecule has 1 aromatic heterocycles. The first-order valence-electron chi connectivity index (χ1n) is 8.83. The summed E-state index contributed by atoms with van der Waals surface area (Å²) in [7, 11) is -4.01. The SMILES string of the molecule is CCN(CC)c1nc2ccccc2nc1[C@@H](C#N)S(=O)(=O)c1ccc(Cl)cc1. The topological polar surface area (TPSA) is 86.9 Å². The smallest absolute Gasteiger partial charge is 0.200 e. The molecule has 0 N–H and O–H groups in total. The van der Waals surface area contributed by atoms with Crippen molar-refractivity contribution in [2.45, 2.75) is 24.0 Å². The van der Waals surface area contributed by atoms with Gasteiger partial charge in [-0.25, -0.2) is 18.4 Å². The molecule has 0 aliphatic heterocycles. The van der Waals surface area contributed by atoms with Crippen LogP contribution in [0.1, 0.15) is 24.8 Å². The number of fused-ring (bicyclic) bond motifs is 1. The number of sulfone groups is 1. The maximum atomic E-state index is 13.2. The average molecular weight is 415 g/mol. The Hall–Kier alpha value is -2.69. The highest BCUT2D eigenvalue weighted by molar-refractivity contribution is 7.92. The zero-order valence-electron chi connectivity index (χ0n) is 15.5. The Balaban J connectivity index is 2.25. The van der Waals surface area contributed by atoms with Gasteiger partial charge in [0, 0.05) is 18.1 Å². The van der Waals surface area contributed by atoms with Crippen molar-refractivity contribution < 1.29 is 8.42 Å². The average Bonchev–Trinajstić information content (AvgIpc) is 2.69. The van der Waals surface area contributed by atoms with E-state index in [0.717, 1.165) is 0 Å². The lowest BCUT2D eigenvalue weighted by molar-refractivity contribution is 0.590. The van der Waals surface area contributed by atoms with Gasteiger partial charge in [-0.15, -0.1) is 0 Å². The van der Waals surface area contributed by atoms with Crippen molar-refractivity contribution in [2.24, 2.45) is 0 Å². The van der Waals surface area contributed by atoms with Gasteiger partial charge in [-0.1, -0.05) is 23.7 Å². The molecular formula is C20H19ClN4O2S. The summed E-state index contributed by atoms with van der Waals surface area (Å²) in [5.74, 6) is 0.410. The van der Waals surface area contributed by atoms with Crippen LogP contribution in [-0.2, 0) is 9.84 Å². The number of rotatable bonds is 6. The lowest BCUT2D eigenvalue weighted by Crippen LogP contribution is -2.27. The van der Waals surface area contributed by atoms with Crippen molar-refractivity contribution in [1.82, 2.24) is 9.97 Å². The number of benzene rings is 2. The summed E-state index contributed by atoms with van der Waals surface area (Å²) in [6.45, 7) is 5.10. The molecule has 28 heavy (non-hydrogen) atoms. The van der Waals surface area contributed by atoms with Crippen molar-refractivity contribution in [3.05, 3.63) is 59.2 Å². The number of hydrogen-bond acceptors (Lipinski definition) is 6. The zero-order chi connectivity index (χ0) is 20.3. The lowest BCUT2D eigenvalue weighted by atomic mass is 10.2. The Morgan fingerprint density at radius 2 is 1.61 bits per heavy atom. The fraction of sp³-hybridized carbons (Fsp3) is 0.250. The lowest BCUT2D eigenvalue weighted by Gasteiger charge is -2.24. The summed E-state index contributed by atoms with van der Waals surface area (Å²) >= 11 is 5.87. The first-order chi connectivity index (χ1) is 13.4. The fourth-order valence-corrected chi connectivity index (χ4v) is 4.48. The summed E-state index contributed by atoms with van der Waals surface area (Å²) in [5.41, 5.74) is 1.33. The van der Waals surface area contributed by atoms with E-state index in [-0.39, 0.29) is 10.6 Å². The standard InChI is InChI=1S/C20H19ClN4O2S/c1-3-25(4-2)20-19(23-16-7-5-6-8-17(16)24-20)18(13-22)28(26,27)15-11-9-14(21)10-12-15/h5-12,18H,3-4H2,1-2H3/t18-/m1/s1. The van der Waals surface area contributed by atoms with Crippen LogP contribution in [0.4, 0.5) is 5.82 Å². The van der Waals surface area contributed by atoms with Crippen LogP contribution in [0.5, 0.6) is 0 Å². The molecule has 0 saturated heterocycles. The Morgan fingerprint density at radius 1 is 1.04 bits per heavy atom. The summed E-state index contributed by atoms with van der Waals surface area (Å²) in [6, 6.07) is 14.9. The van der Waals surface area contributed by atoms with Gasteiger partial charge in [0.2, 0.25) is 9.84 Å². The Labute approximate surface area is 169 Å². The maximum Gasteiger partial charge on any atom is 0.200 e. The summed E-state index contributed by atoms with van der Waals surface area (Å²) in [5, 5.41) is 8.75. The minimum absolute atomic E-state index is 0.0175. The number of halogens is 1. The van der Waals surface area contributed by atoms with Gasteiger partial charge in [-0.2, -0.15) is 5.26 Å². The summed E-state index contributed by atoms with van der Waals surface area (Å²) in [6.07, 6.45) is 0. The number of nitriles is 1. The molecule has 0 unspecified atom stereocenters. The van der Waals surface area contributed by atoms with E-state index in [1.165, 1.54) is 24.3 Å². The van der Waals surface area contributed by atoms with Crippen LogP contribution < -0.4 is 4.90 Å². The highest BCUT2D eigenvalue weighted by Gasteiger charge is 2.34. The molecule has 144 valence electrons. The van der Waals surface area contributed by atoms with Gasteiger partial charge in [0.15, 0.2) is 11.1 Å². The Kier molecular flexibility index (Phi) is 5.82. The van der Waals surface area contributed by atoms with Crippen molar-refractivity contribution in [3.8, 4) is 6.07 Å². The van der Waals surface area contributed by atoms with E-state index < -0.39 is 15.1 Å². The second kappa shape index (κ2) is 8.13. The van der Waals surface area contributed by atoms with Crippen molar-refractivity contribution >= 4 is 38.3 Å². The molecule has 6 nitrogen and oxygen atoms in total. The molecule has 1 atom stereocenters. The largest absolute Gasteiger partial charge is 0.356 e. The third-order valence-electron chi connectivity index (χ3n) is 4.46. The van der Waals surface area contributed by atoms with Gasteiger partial charge in [-0.3, -0.25) is 0 Å². The van der Waals surface area contributed by atoms with Crippen LogP contribution in [0.25, 0.3) is 11.0 Å². The van der Waals surface area contributed by atoms with E-state index in [1.54, 1.807) is 12.1 Å². The minimum Gasteiger partial charge on any atom is -0.356 e. The molecule has 0 saturated carbocycles. The monoisotopic (exact) mass is 414 g/mol. The van der Waals surface area contributed by atoms with E-state index in [9.17, 15) is 13.7 Å². The first kappa shape index (κ1) is 20.1. The van der Waals surface area contributed by atoms with Crippen molar-refractivity contribution in [1.29, 1.82) is 5.26 Å². The molecule has 0 aliphatic rings. The van der Waals surface area contributed by atoms with Crippen molar-refractivity contribution in [3.63, 3.8) is 0 Å². The van der Waals surface area contributed by atoms with Crippen LogP contribution in [0.15, 0.2) is 53.4 Å². The van der Waals surface area contributed by atoms with Crippen LogP contribution >= 0.6 is 11.6 Å². The molecule has 8 heteroatoms. The van der Waals surface area contributed by atoms with Gasteiger partial charge in [0.25, 0.3) is 0 Å². The quantitative estimate of drug-likeness (QED) is 0.601. The third-order valence-corrected chi connectivity index (χ3v) is 6.59. The first-order valence-corrected chi connectivity index (χ1v) is 10.8. The third kappa shape index (κ3) is 3.66. The Bertz CT molecular complexity index is 1140. The highest BCUT2D eigenvalue weighted by Crippen LogP contribution is 2.34. The molecule has 0 fully saturated rings. The predicted molar refractivity (Wildman–Crippen MR) is 110 cm³/mol. The number of anilines is 1. The van der Waals surface area contributed by atoms with E-state index >= 15 is 0 Å². The molecule has 2 aromatic carbocycles. The number of hydrogen-bond donors (Lipinski definition) is 0. The van der Waals surface area contributed by atoms with Crippen LogP contribution in [0, 0.1) is 11.3 Å². The molecule has 0 aliphatic carbocycles. The van der Waals surface area contributed by atoms with E-state index in [4.69, 9.17) is 11.6 Å². The van der Waals surface area contributed by atoms with Gasteiger partial charge in [-0.05, 0) is 50.2 Å². The van der Waals surface area contributed by atoms with Crippen LogP contribution in [0.3, 0.4) is 0 Å². The molecule has 1 heterocycles. The highest BCUT2D eigenvalue weighted by atomic mass is 35.5. The molecule has 0 amide bonds. The van der Waals surface area contributed by atoms with Gasteiger partial charge < -0.3 is 4.90 Å². The molecular weight excluding hydrogens is 396 g/mol. The minimum atomic E-state index is -4.01. The van der Waals surface area contributed by atoms with E-state index in [0.29, 0.717) is 35.0 Å². The summed E-state index contributed by atoms with van der Waals surface area (Å²) < 4.78 is 26.4. The van der Waals surface area contributed by atoms with Crippen LogP contribution in [0.2, 0.25) is 5.02 Å². The number of para-hydroxylation sites is 2. The van der Waals surface area contributed by atoms with Gasteiger partial charge >= 0.3 is 0 Å². The molecule has 3 rings (SSSR count). The second-order valence-corrected chi connectivity index (χ2v) is 8.57. The van der Waals surface area contributed by atoms with Crippen molar-refractivity contribution in [2.75, 3.05) is 18.0 Å². The Morgan fingerprint density at radius 3 is 2.14 bits per heavy atom. The molecule has 0 bridgehead atoms. The number of aromatic nitrogens is 2.